The van der Waals surface area contributed by atoms with Gasteiger partial charge in [0.1, 0.15) is 6.10 Å². The number of hydrogen-bond donors (Lipinski definition) is 1. The molecule has 2 heterocycles. The van der Waals surface area contributed by atoms with Gasteiger partial charge in [-0.15, -0.1) is 0 Å². The van der Waals surface area contributed by atoms with E-state index in [9.17, 15) is 9.59 Å². The van der Waals surface area contributed by atoms with Crippen LogP contribution in [-0.4, -0.2) is 35.0 Å². The number of benzene rings is 2. The average molecular weight is 390 g/mol. The number of carbonyl (C=O) groups is 1. The third-order valence-corrected chi connectivity index (χ3v) is 5.47. The minimum absolute atomic E-state index is 0.0261. The van der Waals surface area contributed by atoms with Crippen molar-refractivity contribution in [1.82, 2.24) is 9.88 Å². The number of pyridine rings is 1. The second-order valence-electron chi connectivity index (χ2n) is 7.71. The van der Waals surface area contributed by atoms with E-state index in [0.717, 1.165) is 35.7 Å². The molecule has 150 valence electrons. The molecule has 0 unspecified atom stereocenters. The summed E-state index contributed by atoms with van der Waals surface area (Å²) < 4.78 is 5.62. The van der Waals surface area contributed by atoms with E-state index in [2.05, 4.69) is 17.1 Å². The van der Waals surface area contributed by atoms with Gasteiger partial charge in [-0.1, -0.05) is 42.5 Å². The summed E-state index contributed by atoms with van der Waals surface area (Å²) in [5, 5.41) is 0.970. The van der Waals surface area contributed by atoms with Gasteiger partial charge < -0.3 is 14.6 Å². The van der Waals surface area contributed by atoms with Crippen LogP contribution in [0.15, 0.2) is 59.4 Å². The molecule has 0 saturated carbocycles. The zero-order valence-electron chi connectivity index (χ0n) is 16.7. The second kappa shape index (κ2) is 8.62. The number of amides is 1. The highest BCUT2D eigenvalue weighted by Crippen LogP contribution is 2.18. The van der Waals surface area contributed by atoms with E-state index in [0.29, 0.717) is 18.7 Å². The lowest BCUT2D eigenvalue weighted by Gasteiger charge is -2.25. The number of fused-ring (bicyclic) bond motifs is 1. The first-order valence-corrected chi connectivity index (χ1v) is 10.2. The zero-order valence-corrected chi connectivity index (χ0v) is 16.7. The van der Waals surface area contributed by atoms with Crippen LogP contribution in [0.25, 0.3) is 10.9 Å². The number of ether oxygens (including phenoxy) is 1. The molecule has 0 aliphatic carbocycles. The normalized spacial score (nSPS) is 16.2. The van der Waals surface area contributed by atoms with Crippen molar-refractivity contribution < 1.29 is 9.53 Å². The lowest BCUT2D eigenvalue weighted by Crippen LogP contribution is -2.40. The number of nitrogens with zero attached hydrogens (tertiary/aromatic N) is 1. The Morgan fingerprint density at radius 1 is 1.17 bits per heavy atom. The summed E-state index contributed by atoms with van der Waals surface area (Å²) >= 11 is 0. The van der Waals surface area contributed by atoms with Crippen molar-refractivity contribution >= 4 is 16.8 Å². The Kier molecular flexibility index (Phi) is 5.76. The van der Waals surface area contributed by atoms with Crippen LogP contribution in [0, 0.1) is 6.92 Å². The maximum absolute atomic E-state index is 13.1. The van der Waals surface area contributed by atoms with Crippen LogP contribution in [0.5, 0.6) is 0 Å². The first-order chi connectivity index (χ1) is 14.1. The Bertz CT molecular complexity index is 1050. The van der Waals surface area contributed by atoms with Crippen molar-refractivity contribution in [3.05, 3.63) is 81.6 Å². The van der Waals surface area contributed by atoms with Crippen LogP contribution in [0.4, 0.5) is 0 Å². The first kappa shape index (κ1) is 19.4. The van der Waals surface area contributed by atoms with E-state index in [4.69, 9.17) is 4.74 Å². The van der Waals surface area contributed by atoms with Crippen LogP contribution in [0.1, 0.15) is 29.5 Å². The van der Waals surface area contributed by atoms with E-state index < -0.39 is 6.10 Å². The first-order valence-electron chi connectivity index (χ1n) is 10.2. The minimum atomic E-state index is -0.395. The van der Waals surface area contributed by atoms with Crippen LogP contribution in [0.3, 0.4) is 0 Å². The number of aryl methyl sites for hydroxylation is 1. The second-order valence-corrected chi connectivity index (χ2v) is 7.71. The van der Waals surface area contributed by atoms with Crippen molar-refractivity contribution in [3.8, 4) is 0 Å². The van der Waals surface area contributed by atoms with Crippen molar-refractivity contribution in [3.63, 3.8) is 0 Å². The van der Waals surface area contributed by atoms with Crippen LogP contribution < -0.4 is 5.56 Å². The maximum atomic E-state index is 13.1. The molecule has 3 aromatic rings. The largest absolute Gasteiger partial charge is 0.368 e. The molecule has 1 N–H and O–H groups in total. The number of carbonyl (C=O) groups excluding carboxylic acids is 1. The standard InChI is InChI=1S/C24H26N2O3/c1-17-9-10-19-15-20(23(27)25-21(19)14-17)16-26(24(28)22-8-5-13-29-22)12-11-18-6-3-2-4-7-18/h2-4,6-7,9-10,14-15,22H,5,8,11-13,16H2,1H3,(H,25,27)/t22-/m1/s1. The third kappa shape index (κ3) is 4.57. The van der Waals surface area contributed by atoms with Crippen molar-refractivity contribution in [2.45, 2.75) is 38.8 Å². The maximum Gasteiger partial charge on any atom is 0.253 e. The van der Waals surface area contributed by atoms with Gasteiger partial charge in [-0.2, -0.15) is 0 Å². The third-order valence-electron chi connectivity index (χ3n) is 5.47. The molecule has 0 bridgehead atoms. The van der Waals surface area contributed by atoms with Crippen molar-refractivity contribution in [1.29, 1.82) is 0 Å². The van der Waals surface area contributed by atoms with Crippen LogP contribution in [-0.2, 0) is 22.5 Å². The molecule has 1 fully saturated rings. The number of rotatable bonds is 6. The van der Waals surface area contributed by atoms with Crippen molar-refractivity contribution in [2.75, 3.05) is 13.2 Å². The number of aromatic amines is 1. The molecule has 5 nitrogen and oxygen atoms in total. The minimum Gasteiger partial charge on any atom is -0.368 e. The predicted octanol–water partition coefficient (Wildman–Crippen LogP) is 3.59. The highest BCUT2D eigenvalue weighted by Gasteiger charge is 2.28. The Balaban J connectivity index is 1.59. The van der Waals surface area contributed by atoms with E-state index in [1.54, 1.807) is 4.90 Å². The molecular weight excluding hydrogens is 364 g/mol. The van der Waals surface area contributed by atoms with Crippen molar-refractivity contribution in [2.24, 2.45) is 0 Å². The van der Waals surface area contributed by atoms with E-state index in [1.165, 1.54) is 5.56 Å². The van der Waals surface area contributed by atoms with Gasteiger partial charge in [0.15, 0.2) is 0 Å². The van der Waals surface area contributed by atoms with Gasteiger partial charge in [-0.3, -0.25) is 9.59 Å². The molecule has 4 rings (SSSR count). The molecule has 1 aliphatic heterocycles. The van der Waals surface area contributed by atoms with Gasteiger partial charge in [0.2, 0.25) is 0 Å². The fourth-order valence-electron chi connectivity index (χ4n) is 3.84. The summed E-state index contributed by atoms with van der Waals surface area (Å²) in [5.74, 6) is -0.0261. The van der Waals surface area contributed by atoms with E-state index >= 15 is 0 Å². The molecule has 29 heavy (non-hydrogen) atoms. The molecule has 1 amide bonds. The quantitative estimate of drug-likeness (QED) is 0.700. The fraction of sp³-hybridized carbons (Fsp3) is 0.333. The van der Waals surface area contributed by atoms with Gasteiger partial charge >= 0.3 is 0 Å². The Morgan fingerprint density at radius 3 is 2.76 bits per heavy atom. The van der Waals surface area contributed by atoms with Gasteiger partial charge in [0.05, 0.1) is 6.54 Å². The number of H-pyrrole nitrogens is 1. The van der Waals surface area contributed by atoms with Gasteiger partial charge in [0.25, 0.3) is 11.5 Å². The Labute approximate surface area is 170 Å². The molecule has 1 atom stereocenters. The SMILES string of the molecule is Cc1ccc2cc(CN(CCc3ccccc3)C(=O)[C@H]3CCCO3)c(=O)[nH]c2c1. The zero-order chi connectivity index (χ0) is 20.2. The Morgan fingerprint density at radius 2 is 2.00 bits per heavy atom. The highest BCUT2D eigenvalue weighted by molar-refractivity contribution is 5.82. The molecule has 1 aliphatic rings. The molecule has 1 aromatic heterocycles. The average Bonchev–Trinajstić information content (AvgIpc) is 3.26. The van der Waals surface area contributed by atoms with E-state index in [1.807, 2.05) is 49.4 Å². The fourth-order valence-corrected chi connectivity index (χ4v) is 3.84. The summed E-state index contributed by atoms with van der Waals surface area (Å²) in [5.41, 5.74) is 3.54. The molecule has 1 saturated heterocycles. The molecule has 2 aromatic carbocycles. The topological polar surface area (TPSA) is 62.4 Å². The van der Waals surface area contributed by atoms with Gasteiger partial charge in [0, 0.05) is 24.2 Å². The number of hydrogen-bond acceptors (Lipinski definition) is 3. The highest BCUT2D eigenvalue weighted by atomic mass is 16.5. The van der Waals surface area contributed by atoms with Gasteiger partial charge in [-0.05, 0) is 54.8 Å². The molecular formula is C24H26N2O3. The summed E-state index contributed by atoms with van der Waals surface area (Å²) in [6.45, 7) is 3.45. The molecule has 5 heteroatoms. The van der Waals surface area contributed by atoms with E-state index in [-0.39, 0.29) is 18.0 Å². The lowest BCUT2D eigenvalue weighted by atomic mass is 10.1. The number of nitrogens with one attached hydrogen (secondary N) is 1. The monoisotopic (exact) mass is 390 g/mol. The summed E-state index contributed by atoms with van der Waals surface area (Å²) in [7, 11) is 0. The summed E-state index contributed by atoms with van der Waals surface area (Å²) in [6.07, 6.45) is 1.99. The predicted molar refractivity (Wildman–Crippen MR) is 114 cm³/mol. The summed E-state index contributed by atoms with van der Waals surface area (Å²) in [4.78, 5) is 30.5. The van der Waals surface area contributed by atoms with Gasteiger partial charge in [-0.25, -0.2) is 0 Å². The Hall–Kier alpha value is -2.92. The molecule has 0 spiro atoms. The number of aromatic nitrogens is 1. The molecule has 0 radical (unpaired) electrons. The van der Waals surface area contributed by atoms with Crippen LogP contribution in [0.2, 0.25) is 0 Å². The lowest BCUT2D eigenvalue weighted by molar-refractivity contribution is -0.141. The summed E-state index contributed by atoms with van der Waals surface area (Å²) in [6, 6.07) is 18.0. The van der Waals surface area contributed by atoms with Crippen LogP contribution >= 0.6 is 0 Å². The smallest absolute Gasteiger partial charge is 0.253 e.